The summed E-state index contributed by atoms with van der Waals surface area (Å²) >= 11 is 0. The fraction of sp³-hybridized carbons (Fsp3) is 0.806. The highest BCUT2D eigenvalue weighted by molar-refractivity contribution is 6.74. The third kappa shape index (κ3) is 3.93. The van der Waals surface area contributed by atoms with E-state index in [1.165, 1.54) is 0 Å². The Morgan fingerprint density at radius 2 is 1.97 bits per heavy atom. The van der Waals surface area contributed by atoms with E-state index in [4.69, 9.17) is 13.9 Å². The maximum atomic E-state index is 14.4. The van der Waals surface area contributed by atoms with Crippen molar-refractivity contribution in [3.63, 3.8) is 0 Å². The second kappa shape index (κ2) is 9.20. The van der Waals surface area contributed by atoms with Gasteiger partial charge in [0.25, 0.3) is 0 Å². The second-order valence-electron chi connectivity index (χ2n) is 14.6. The summed E-state index contributed by atoms with van der Waals surface area (Å²) in [7, 11) is -2.15. The molecule has 6 nitrogen and oxygen atoms in total. The van der Waals surface area contributed by atoms with Gasteiger partial charge in [-0.2, -0.15) is 0 Å². The van der Waals surface area contributed by atoms with Gasteiger partial charge in [0.2, 0.25) is 0 Å². The lowest BCUT2D eigenvalue weighted by Gasteiger charge is -2.59. The summed E-state index contributed by atoms with van der Waals surface area (Å²) in [6, 6.07) is 0. The summed E-state index contributed by atoms with van der Waals surface area (Å²) in [5.41, 5.74) is -0.889. The number of ketones is 2. The highest BCUT2D eigenvalue weighted by Gasteiger charge is 2.75. The van der Waals surface area contributed by atoms with Crippen molar-refractivity contribution in [2.45, 2.75) is 122 Å². The van der Waals surface area contributed by atoms with Gasteiger partial charge >= 0.3 is 0 Å². The number of carbonyl (C=O) groups is 2. The minimum absolute atomic E-state index is 0.00499. The molecule has 4 aliphatic carbocycles. The number of carbonyl (C=O) groups excluding carboxylic acids is 2. The number of Topliss-reactive ketones (excluding diaryl/α,β-unsaturated/α-hetero) is 1. The standard InChI is InChI=1S/C31H48O6Si/c1-9-10-26-36-25-16-22-21-12-11-19-15-20(32)13-14-29(19,5)27(21)23(33)17-30(22,6)31(25,37-26)24(34)18-35-38(7,8)28(2,3)4/h11,13-14,21-23,25-27,33H,9-10,12,15-18H2,1-8H3/t21-,22-,23-,25+,26?,27+,29-,30-,31+/m0/s1. The first-order valence-electron chi connectivity index (χ1n) is 14.7. The van der Waals surface area contributed by atoms with E-state index in [1.807, 2.05) is 6.08 Å². The summed E-state index contributed by atoms with van der Waals surface area (Å²) in [4.78, 5) is 26.6. The molecule has 1 N–H and O–H groups in total. The maximum absolute atomic E-state index is 14.4. The maximum Gasteiger partial charge on any atom is 0.192 e. The van der Waals surface area contributed by atoms with Gasteiger partial charge in [0.15, 0.2) is 31.8 Å². The molecule has 0 aromatic heterocycles. The van der Waals surface area contributed by atoms with Gasteiger partial charge in [-0.05, 0) is 61.7 Å². The Hall–Kier alpha value is -1.12. The van der Waals surface area contributed by atoms with Crippen molar-refractivity contribution < 1.29 is 28.6 Å². The lowest BCUT2D eigenvalue weighted by Crippen LogP contribution is -2.63. The Bertz CT molecular complexity index is 1060. The largest absolute Gasteiger partial charge is 0.409 e. The predicted octanol–water partition coefficient (Wildman–Crippen LogP) is 5.75. The van der Waals surface area contributed by atoms with E-state index in [1.54, 1.807) is 6.08 Å². The minimum atomic E-state index is -2.15. The molecule has 212 valence electrons. The quantitative estimate of drug-likeness (QED) is 0.339. The molecule has 1 heterocycles. The van der Waals surface area contributed by atoms with Gasteiger partial charge in [-0.3, -0.25) is 9.59 Å². The van der Waals surface area contributed by atoms with Crippen LogP contribution in [0, 0.1) is 28.6 Å². The molecule has 0 bridgehead atoms. The summed E-state index contributed by atoms with van der Waals surface area (Å²) in [6.07, 6.45) is 8.75. The molecule has 1 aliphatic heterocycles. The zero-order chi connectivity index (χ0) is 27.9. The Balaban J connectivity index is 1.51. The number of aliphatic hydroxyl groups excluding tert-OH is 1. The number of aliphatic hydroxyl groups is 1. The second-order valence-corrected chi connectivity index (χ2v) is 19.4. The monoisotopic (exact) mass is 544 g/mol. The van der Waals surface area contributed by atoms with Crippen molar-refractivity contribution in [3.8, 4) is 0 Å². The van der Waals surface area contributed by atoms with Gasteiger partial charge in [0.1, 0.15) is 0 Å². The molecular weight excluding hydrogens is 496 g/mol. The van der Waals surface area contributed by atoms with Crippen LogP contribution in [0.4, 0.5) is 0 Å². The lowest BCUT2D eigenvalue weighted by atomic mass is 9.47. The molecule has 1 unspecified atom stereocenters. The first-order valence-corrected chi connectivity index (χ1v) is 17.6. The number of ether oxygens (including phenoxy) is 2. The molecule has 7 heteroatoms. The van der Waals surface area contributed by atoms with Crippen LogP contribution in [0.15, 0.2) is 23.8 Å². The molecule has 3 fully saturated rings. The smallest absolute Gasteiger partial charge is 0.192 e. The van der Waals surface area contributed by atoms with E-state index in [0.717, 1.165) is 31.3 Å². The average Bonchev–Trinajstić information content (AvgIpc) is 3.29. The van der Waals surface area contributed by atoms with E-state index in [-0.39, 0.29) is 52.5 Å². The van der Waals surface area contributed by atoms with Crippen molar-refractivity contribution in [1.82, 2.24) is 0 Å². The highest BCUT2D eigenvalue weighted by atomic mass is 28.4. The van der Waals surface area contributed by atoms with Crippen LogP contribution in [0.1, 0.15) is 80.1 Å². The van der Waals surface area contributed by atoms with Crippen LogP contribution in [-0.2, 0) is 23.5 Å². The van der Waals surface area contributed by atoms with Crippen LogP contribution in [0.2, 0.25) is 18.1 Å². The summed E-state index contributed by atoms with van der Waals surface area (Å²) < 4.78 is 19.7. The molecule has 0 aromatic rings. The summed E-state index contributed by atoms with van der Waals surface area (Å²) in [5.74, 6) is 0.464. The molecule has 0 amide bonds. The van der Waals surface area contributed by atoms with Crippen LogP contribution in [0.5, 0.6) is 0 Å². The Morgan fingerprint density at radius 3 is 2.63 bits per heavy atom. The molecule has 0 radical (unpaired) electrons. The van der Waals surface area contributed by atoms with Crippen LogP contribution in [-0.4, -0.2) is 55.7 Å². The topological polar surface area (TPSA) is 82.1 Å². The van der Waals surface area contributed by atoms with Gasteiger partial charge in [0.05, 0.1) is 18.8 Å². The molecule has 0 spiro atoms. The van der Waals surface area contributed by atoms with Crippen molar-refractivity contribution in [2.24, 2.45) is 28.6 Å². The van der Waals surface area contributed by atoms with E-state index in [9.17, 15) is 14.7 Å². The number of fused-ring (bicyclic) bond motifs is 7. The van der Waals surface area contributed by atoms with Crippen LogP contribution in [0.3, 0.4) is 0 Å². The van der Waals surface area contributed by atoms with Crippen LogP contribution >= 0.6 is 0 Å². The molecule has 1 saturated heterocycles. The van der Waals surface area contributed by atoms with Gasteiger partial charge in [-0.25, -0.2) is 0 Å². The molecule has 38 heavy (non-hydrogen) atoms. The van der Waals surface area contributed by atoms with Crippen LogP contribution in [0.25, 0.3) is 0 Å². The van der Waals surface area contributed by atoms with Crippen molar-refractivity contribution in [1.29, 1.82) is 0 Å². The van der Waals surface area contributed by atoms with Crippen molar-refractivity contribution >= 4 is 19.9 Å². The zero-order valence-electron chi connectivity index (χ0n) is 24.6. The minimum Gasteiger partial charge on any atom is -0.409 e. The summed E-state index contributed by atoms with van der Waals surface area (Å²) in [6.45, 7) is 17.4. The number of rotatable bonds is 6. The third-order valence-electron chi connectivity index (χ3n) is 11.6. The molecule has 0 aromatic carbocycles. The normalized spacial score (nSPS) is 44.2. The first kappa shape index (κ1) is 28.4. The number of hydrogen-bond acceptors (Lipinski definition) is 6. The molecular formula is C31H48O6Si. The van der Waals surface area contributed by atoms with E-state index in [0.29, 0.717) is 12.8 Å². The molecule has 5 aliphatic rings. The van der Waals surface area contributed by atoms with E-state index >= 15 is 0 Å². The molecule has 5 rings (SSSR count). The highest BCUT2D eigenvalue weighted by Crippen LogP contribution is 2.69. The fourth-order valence-corrected chi connectivity index (χ4v) is 9.41. The number of allylic oxidation sites excluding steroid dienone is 4. The Morgan fingerprint density at radius 1 is 1.26 bits per heavy atom. The molecule has 2 saturated carbocycles. The van der Waals surface area contributed by atoms with Gasteiger partial charge in [-0.15, -0.1) is 0 Å². The van der Waals surface area contributed by atoms with Crippen molar-refractivity contribution in [3.05, 3.63) is 23.8 Å². The third-order valence-corrected chi connectivity index (χ3v) is 16.0. The number of hydrogen-bond donors (Lipinski definition) is 1. The predicted molar refractivity (Wildman–Crippen MR) is 149 cm³/mol. The fourth-order valence-electron chi connectivity index (χ4n) is 8.48. The van der Waals surface area contributed by atoms with Crippen molar-refractivity contribution in [2.75, 3.05) is 6.61 Å². The van der Waals surface area contributed by atoms with E-state index < -0.39 is 31.7 Å². The lowest BCUT2D eigenvalue weighted by molar-refractivity contribution is -0.198. The van der Waals surface area contributed by atoms with E-state index in [2.05, 4.69) is 60.7 Å². The zero-order valence-corrected chi connectivity index (χ0v) is 25.6. The average molecular weight is 545 g/mol. The molecule has 9 atom stereocenters. The Labute approximate surface area is 229 Å². The van der Waals surface area contributed by atoms with Gasteiger partial charge in [0, 0.05) is 23.2 Å². The summed E-state index contributed by atoms with van der Waals surface area (Å²) in [5, 5.41) is 11.9. The van der Waals surface area contributed by atoms with Gasteiger partial charge < -0.3 is 19.0 Å². The first-order chi connectivity index (χ1) is 17.6. The van der Waals surface area contributed by atoms with Crippen LogP contribution < -0.4 is 0 Å². The Kier molecular flexibility index (Phi) is 6.88. The SMILES string of the molecule is CCCC1O[C@@H]2C[C@H]3[C@@H]4CC=C5CC(=O)C=C[C@]5(C)[C@H]4[C@@H](O)C[C@]3(C)[C@]2(C(=O)CO[Si](C)(C)C(C)(C)C)O1. The van der Waals surface area contributed by atoms with Gasteiger partial charge in [-0.1, -0.05) is 65.7 Å².